The van der Waals surface area contributed by atoms with E-state index in [2.05, 4.69) is 10.5 Å². The summed E-state index contributed by atoms with van der Waals surface area (Å²) in [5.41, 5.74) is 4.64. The quantitative estimate of drug-likeness (QED) is 0.425. The minimum absolute atomic E-state index is 0. The fourth-order valence-electron chi connectivity index (χ4n) is 0.142. The van der Waals surface area contributed by atoms with Crippen molar-refractivity contribution in [2.45, 2.75) is 0 Å². The zero-order valence-corrected chi connectivity index (χ0v) is 3.60. The number of hydrogen-bond acceptors (Lipinski definition) is 2. The van der Waals surface area contributed by atoms with E-state index in [1.165, 1.54) is 7.11 Å². The first-order valence-corrected chi connectivity index (χ1v) is 1.54. The van der Waals surface area contributed by atoms with Crippen LogP contribution in [0.5, 0.6) is 0 Å². The first-order chi connectivity index (χ1) is 2.77. The van der Waals surface area contributed by atoms with Gasteiger partial charge in [0.25, 0.3) is 0 Å². The van der Waals surface area contributed by atoms with E-state index in [9.17, 15) is 4.79 Å². The first-order valence-electron chi connectivity index (χ1n) is 1.54. The van der Waals surface area contributed by atoms with Crippen molar-refractivity contribution in [3.63, 3.8) is 0 Å². The molecule has 0 radical (unpaired) electrons. The molecule has 0 heterocycles. The van der Waals surface area contributed by atoms with Gasteiger partial charge in [-0.2, -0.15) is 0 Å². The summed E-state index contributed by atoms with van der Waals surface area (Å²) in [5.74, 6) is -0.433. The Balaban J connectivity index is 0. The van der Waals surface area contributed by atoms with Gasteiger partial charge in [0, 0.05) is 7.11 Å². The topological polar surface area (TPSA) is 52.3 Å². The molecule has 0 saturated carbocycles. The summed E-state index contributed by atoms with van der Waals surface area (Å²) in [5, 5.41) is 0. The Morgan fingerprint density at radius 1 is 1.86 bits per heavy atom. The van der Waals surface area contributed by atoms with Crippen LogP contribution in [0, 0.1) is 0 Å². The van der Waals surface area contributed by atoms with Crippen LogP contribution in [-0.4, -0.2) is 38.5 Å². The first kappa shape index (κ1) is 10.1. The molecule has 7 heavy (non-hydrogen) atoms. The molecule has 0 aromatic heterocycles. The molecule has 0 aromatic rings. The summed E-state index contributed by atoms with van der Waals surface area (Å²) < 4.78 is 4.33. The van der Waals surface area contributed by atoms with Gasteiger partial charge < -0.3 is 10.5 Å². The standard InChI is InChI=1S/C3H7NO2.Li.H/c1-6-2-3(4)5;;/h2H2,1H3,(H2,4,5);;. The second-order valence-corrected chi connectivity index (χ2v) is 0.899. The molecule has 0 unspecified atom stereocenters. The van der Waals surface area contributed by atoms with Gasteiger partial charge in [0.2, 0.25) is 5.91 Å². The van der Waals surface area contributed by atoms with E-state index in [-0.39, 0.29) is 25.5 Å². The summed E-state index contributed by atoms with van der Waals surface area (Å²) in [4.78, 5) is 9.70. The Labute approximate surface area is 54.4 Å². The van der Waals surface area contributed by atoms with Crippen LogP contribution in [-0.2, 0) is 9.53 Å². The van der Waals surface area contributed by atoms with Crippen LogP contribution in [0.25, 0.3) is 0 Å². The van der Waals surface area contributed by atoms with Gasteiger partial charge in [0.1, 0.15) is 6.61 Å². The van der Waals surface area contributed by atoms with Gasteiger partial charge in [-0.15, -0.1) is 0 Å². The van der Waals surface area contributed by atoms with Gasteiger partial charge in [-0.3, -0.25) is 4.79 Å². The predicted octanol–water partition coefficient (Wildman–Crippen LogP) is -1.53. The molecular formula is C3H8LiNO2. The number of carbonyl (C=O) groups excluding carboxylic acids is 1. The average Bonchev–Trinajstić information content (AvgIpc) is 1.35. The molecule has 0 rings (SSSR count). The molecule has 2 N–H and O–H groups in total. The molecule has 0 spiro atoms. The molecule has 38 valence electrons. The molecule has 0 aliphatic rings. The van der Waals surface area contributed by atoms with Crippen molar-refractivity contribution < 1.29 is 9.53 Å². The van der Waals surface area contributed by atoms with Gasteiger partial charge >= 0.3 is 18.9 Å². The normalized spacial score (nSPS) is 7.00. The van der Waals surface area contributed by atoms with Gasteiger partial charge in [0.05, 0.1) is 0 Å². The van der Waals surface area contributed by atoms with Crippen molar-refractivity contribution >= 4 is 24.8 Å². The zero-order chi connectivity index (χ0) is 4.99. The average molecular weight is 97.0 g/mol. The fourth-order valence-corrected chi connectivity index (χ4v) is 0.142. The Hall–Kier alpha value is 0.0274. The van der Waals surface area contributed by atoms with Crippen LogP contribution >= 0.6 is 0 Å². The minimum atomic E-state index is -0.433. The van der Waals surface area contributed by atoms with Gasteiger partial charge in [-0.1, -0.05) is 0 Å². The molecule has 4 heteroatoms. The maximum atomic E-state index is 9.70. The monoisotopic (exact) mass is 97.1 g/mol. The summed E-state index contributed by atoms with van der Waals surface area (Å²) in [6.07, 6.45) is 0. The Kier molecular flexibility index (Phi) is 8.70. The number of amides is 1. The Morgan fingerprint density at radius 2 is 2.29 bits per heavy atom. The number of ether oxygens (including phenoxy) is 1. The number of nitrogens with two attached hydrogens (primary N) is 1. The van der Waals surface area contributed by atoms with Crippen molar-refractivity contribution in [1.29, 1.82) is 0 Å². The molecule has 0 atom stereocenters. The van der Waals surface area contributed by atoms with E-state index < -0.39 is 5.91 Å². The third-order valence-corrected chi connectivity index (χ3v) is 0.287. The molecule has 3 nitrogen and oxygen atoms in total. The molecule has 0 aliphatic carbocycles. The van der Waals surface area contributed by atoms with E-state index in [1.54, 1.807) is 0 Å². The molecule has 0 aromatic carbocycles. The molecule has 0 aliphatic heterocycles. The fraction of sp³-hybridized carbons (Fsp3) is 0.667. The number of primary amides is 1. The van der Waals surface area contributed by atoms with Gasteiger partial charge in [-0.25, -0.2) is 0 Å². The number of carbonyl (C=O) groups is 1. The third kappa shape index (κ3) is 10.7. The van der Waals surface area contributed by atoms with Crippen molar-refractivity contribution in [2.24, 2.45) is 5.73 Å². The van der Waals surface area contributed by atoms with E-state index in [0.717, 1.165) is 0 Å². The molecular weight excluding hydrogens is 89.0 g/mol. The van der Waals surface area contributed by atoms with E-state index >= 15 is 0 Å². The van der Waals surface area contributed by atoms with Crippen LogP contribution in [0.15, 0.2) is 0 Å². The van der Waals surface area contributed by atoms with Crippen molar-refractivity contribution in [2.75, 3.05) is 13.7 Å². The summed E-state index contributed by atoms with van der Waals surface area (Å²) in [6, 6.07) is 0. The third-order valence-electron chi connectivity index (χ3n) is 0.287. The van der Waals surface area contributed by atoms with Crippen LogP contribution < -0.4 is 5.73 Å². The Morgan fingerprint density at radius 3 is 2.29 bits per heavy atom. The SMILES string of the molecule is COCC(N)=O.[LiH]. The number of rotatable bonds is 2. The second-order valence-electron chi connectivity index (χ2n) is 0.899. The maximum absolute atomic E-state index is 9.70. The number of methoxy groups -OCH3 is 1. The van der Waals surface area contributed by atoms with Crippen LogP contribution in [0.2, 0.25) is 0 Å². The predicted molar refractivity (Wildman–Crippen MR) is 28.2 cm³/mol. The summed E-state index contributed by atoms with van der Waals surface area (Å²) in [7, 11) is 1.42. The van der Waals surface area contributed by atoms with Crippen molar-refractivity contribution in [1.82, 2.24) is 0 Å². The molecule has 0 fully saturated rings. The molecule has 0 saturated heterocycles. The second kappa shape index (κ2) is 6.03. The Bertz CT molecular complexity index is 56.9. The van der Waals surface area contributed by atoms with Crippen LogP contribution in [0.3, 0.4) is 0 Å². The zero-order valence-electron chi connectivity index (χ0n) is 3.60. The van der Waals surface area contributed by atoms with Crippen LogP contribution in [0.1, 0.15) is 0 Å². The summed E-state index contributed by atoms with van der Waals surface area (Å²) >= 11 is 0. The van der Waals surface area contributed by atoms with E-state index in [4.69, 9.17) is 0 Å². The van der Waals surface area contributed by atoms with E-state index in [0.29, 0.717) is 0 Å². The molecule has 1 amide bonds. The van der Waals surface area contributed by atoms with Crippen molar-refractivity contribution in [3.05, 3.63) is 0 Å². The van der Waals surface area contributed by atoms with Crippen LogP contribution in [0.4, 0.5) is 0 Å². The summed E-state index contributed by atoms with van der Waals surface area (Å²) in [6.45, 7) is 0.0139. The van der Waals surface area contributed by atoms with Gasteiger partial charge in [0.15, 0.2) is 0 Å². The van der Waals surface area contributed by atoms with Crippen molar-refractivity contribution in [3.8, 4) is 0 Å². The molecule has 0 bridgehead atoms. The van der Waals surface area contributed by atoms with E-state index in [1.807, 2.05) is 0 Å². The van der Waals surface area contributed by atoms with Gasteiger partial charge in [-0.05, 0) is 0 Å². The number of hydrogen-bond donors (Lipinski definition) is 1.